The first-order valence-electron chi connectivity index (χ1n) is 42.5. The van der Waals surface area contributed by atoms with Gasteiger partial charge in [0, 0.05) is 163 Å². The highest BCUT2D eigenvalue weighted by atomic mass is 32.2. The lowest BCUT2D eigenvalue weighted by atomic mass is 9.77. The van der Waals surface area contributed by atoms with E-state index in [2.05, 4.69) is 48.2 Å². The van der Waals surface area contributed by atoms with Crippen molar-refractivity contribution in [2.75, 3.05) is 79.7 Å². The van der Waals surface area contributed by atoms with Gasteiger partial charge >= 0.3 is 47.0 Å². The number of aliphatic carboxylic acids is 1. The lowest BCUT2D eigenvalue weighted by molar-refractivity contribution is -0.439. The molecule has 0 aliphatic carbocycles. The van der Waals surface area contributed by atoms with Gasteiger partial charge in [-0.1, -0.05) is 90.3 Å². The maximum Gasteiger partial charge on any atom is 0.425 e. The van der Waals surface area contributed by atoms with Gasteiger partial charge in [0.2, 0.25) is 17.1 Å². The number of amides is 2. The van der Waals surface area contributed by atoms with Gasteiger partial charge in [-0.25, -0.2) is 26.4 Å². The summed E-state index contributed by atoms with van der Waals surface area (Å²) >= 11 is 0. The van der Waals surface area contributed by atoms with Crippen LogP contribution in [0.4, 0.5) is 32.8 Å². The number of carbonyl (C=O) groups is 7. The van der Waals surface area contributed by atoms with Crippen molar-refractivity contribution in [3.63, 3.8) is 0 Å². The van der Waals surface area contributed by atoms with Crippen molar-refractivity contribution >= 4 is 156 Å². The van der Waals surface area contributed by atoms with E-state index in [1.165, 1.54) is 17.8 Å². The monoisotopic (exact) mass is 1970 g/mol. The SMILES string of the molecule is CC1(C)C(/C=C/Nc2ccccc2)=[N+](CCCS(=O)(=O)[O-])c2cccc(C(=O)O)c21.CCCCC(=O)c1cc(C(=O)CCC)c2c(c1)[N+](CCCCCC(=O)O)=C(C)C2(C)C.CCCCCN1/C(=C/C=C/C2=[N+](CCCS(=O)(=O)[O-])c3cccc(C(=O)O)c3C2(C)C)C(C)(C)c2c(C(=O)NCCS(=O)(=O)O)cc(C(=O)NCCS(=O)(=O)O)cc21.O=C=O.O=C=O.O=C=O.O=S(=O)=O.[2H]CF. The molecule has 38 nitrogen and oxygen atoms in total. The second-order valence-electron chi connectivity index (χ2n) is 32.4. The predicted molar refractivity (Wildman–Crippen MR) is 487 cm³/mol. The Morgan fingerprint density at radius 2 is 0.955 bits per heavy atom. The fraction of sp³-hybridized carbons (Fsp3) is 0.456. The largest absolute Gasteiger partial charge is 0.748 e. The van der Waals surface area contributed by atoms with Gasteiger partial charge in [-0.2, -0.15) is 59.3 Å². The summed E-state index contributed by atoms with van der Waals surface area (Å²) in [4.78, 5) is 139. The van der Waals surface area contributed by atoms with Gasteiger partial charge in [-0.05, 0) is 122 Å². The Balaban J connectivity index is 0.000000675. The number of rotatable bonds is 40. The second kappa shape index (κ2) is 54.3. The van der Waals surface area contributed by atoms with E-state index < -0.39 is 140 Å². The number of unbranched alkanes of at least 4 members (excludes halogenated alkanes) is 5. The lowest BCUT2D eigenvalue weighted by Gasteiger charge is -2.27. The van der Waals surface area contributed by atoms with E-state index in [0.717, 1.165) is 74.1 Å². The molecule has 5 aromatic carbocycles. The molecule has 0 radical (unpaired) electrons. The van der Waals surface area contributed by atoms with Gasteiger partial charge < -0.3 is 45.3 Å². The van der Waals surface area contributed by atoms with Gasteiger partial charge in [0.1, 0.15) is 19.6 Å². The molecule has 134 heavy (non-hydrogen) atoms. The van der Waals surface area contributed by atoms with E-state index in [1.54, 1.807) is 53.3 Å². The number of fused-ring (bicyclic) bond motifs is 4. The first-order chi connectivity index (χ1) is 62.9. The zero-order chi connectivity index (χ0) is 103. The molecule has 0 saturated heterocycles. The number of ketones is 2. The van der Waals surface area contributed by atoms with Crippen molar-refractivity contribution in [2.24, 2.45) is 0 Å². The van der Waals surface area contributed by atoms with Crippen LogP contribution in [-0.2, 0) is 106 Å². The molecule has 0 atom stereocenters. The Kier molecular flexibility index (Phi) is 47.1. The zero-order valence-electron chi connectivity index (χ0n) is 77.3. The molecule has 44 heteroatoms. The van der Waals surface area contributed by atoms with Crippen LogP contribution in [0.5, 0.6) is 0 Å². The van der Waals surface area contributed by atoms with Crippen molar-refractivity contribution in [3.05, 3.63) is 183 Å². The van der Waals surface area contributed by atoms with Crippen molar-refractivity contribution < 1.29 is 162 Å². The fourth-order valence-corrected chi connectivity index (χ4v) is 17.6. The van der Waals surface area contributed by atoms with Gasteiger partial charge in [0.25, 0.3) is 32.1 Å². The molecule has 732 valence electrons. The first kappa shape index (κ1) is 116. The van der Waals surface area contributed by atoms with E-state index in [9.17, 15) is 95.5 Å². The number of Topliss-reactive ketones (excluding diaryl/α,β-unsaturated/α-hetero) is 2. The number of anilines is 2. The van der Waals surface area contributed by atoms with E-state index in [-0.39, 0.29) is 90.0 Å². The number of hydrogen-bond acceptors (Lipinski definition) is 28. The molecule has 0 unspecified atom stereocenters. The number of halogens is 1. The summed E-state index contributed by atoms with van der Waals surface area (Å²) < 4.78 is 178. The molecule has 8 N–H and O–H groups in total. The number of carboxylic acid groups (broad SMARTS) is 3. The summed E-state index contributed by atoms with van der Waals surface area (Å²) in [6.07, 6.45) is 18.4. The summed E-state index contributed by atoms with van der Waals surface area (Å²) in [5.41, 5.74) is 8.48. The van der Waals surface area contributed by atoms with E-state index in [4.69, 9.17) is 52.4 Å². The number of hydrogen-bond donors (Lipinski definition) is 8. The van der Waals surface area contributed by atoms with Crippen LogP contribution in [0.15, 0.2) is 127 Å². The number of benzene rings is 5. The molecule has 0 bridgehead atoms. The van der Waals surface area contributed by atoms with E-state index >= 15 is 0 Å². The number of carboxylic acids is 3. The third kappa shape index (κ3) is 35.1. The highest BCUT2D eigenvalue weighted by Crippen LogP contribution is 2.51. The van der Waals surface area contributed by atoms with Gasteiger partial charge in [-0.3, -0.25) is 37.5 Å². The normalized spacial score (nSPS) is 14.6. The Morgan fingerprint density at radius 3 is 1.40 bits per heavy atom. The van der Waals surface area contributed by atoms with Crippen LogP contribution in [-0.4, -0.2) is 240 Å². The van der Waals surface area contributed by atoms with Gasteiger partial charge in [0.05, 0.1) is 84.3 Å². The van der Waals surface area contributed by atoms with Crippen LogP contribution in [0.25, 0.3) is 0 Å². The molecule has 0 saturated carbocycles. The fourth-order valence-electron chi connectivity index (χ4n) is 15.9. The van der Waals surface area contributed by atoms with Crippen LogP contribution < -0.4 is 20.9 Å². The Hall–Kier alpha value is -12.0. The zero-order valence-corrected chi connectivity index (χ0v) is 80.4. The number of alkyl halides is 1. The highest BCUT2D eigenvalue weighted by Gasteiger charge is 2.51. The summed E-state index contributed by atoms with van der Waals surface area (Å²) in [6.45, 7) is 24.5. The number of nitrogens with one attached hydrogen (secondary N) is 3. The molecule has 0 fully saturated rings. The number of aromatic carboxylic acids is 2. The summed E-state index contributed by atoms with van der Waals surface area (Å²) in [5.74, 6) is -6.82. The van der Waals surface area contributed by atoms with Crippen molar-refractivity contribution in [1.82, 2.24) is 10.6 Å². The molecule has 9 rings (SSSR count). The minimum absolute atomic E-state index is 0.0203. The Bertz CT molecular complexity index is 6000. The topological polar surface area (TPSA) is 605 Å². The third-order valence-electron chi connectivity index (χ3n) is 21.8. The Labute approximate surface area is 781 Å². The highest BCUT2D eigenvalue weighted by molar-refractivity contribution is 7.86. The first-order valence-corrected chi connectivity index (χ1v) is 49.2. The van der Waals surface area contributed by atoms with Crippen LogP contribution >= 0.6 is 0 Å². The molecular formula is C90H115FN7O31S5+. The van der Waals surface area contributed by atoms with Crippen LogP contribution in [0.2, 0.25) is 0 Å². The van der Waals surface area contributed by atoms with E-state index in [0.29, 0.717) is 88.5 Å². The average Bonchev–Trinajstić information content (AvgIpc) is 1.62. The number of para-hydroxylation sites is 1. The maximum atomic E-state index is 13.8. The molecule has 4 aliphatic heterocycles. The van der Waals surface area contributed by atoms with E-state index in [1.807, 2.05) is 126 Å². The molecule has 4 heterocycles. The van der Waals surface area contributed by atoms with Crippen LogP contribution in [0, 0.1) is 0 Å². The molecule has 5 aromatic rings. The number of carbonyl (C=O) groups excluding carboxylic acids is 10. The van der Waals surface area contributed by atoms with Crippen LogP contribution in [0.1, 0.15) is 259 Å². The maximum absolute atomic E-state index is 13.8. The van der Waals surface area contributed by atoms with Crippen molar-refractivity contribution in [3.8, 4) is 0 Å². The third-order valence-corrected chi connectivity index (χ3v) is 24.8. The van der Waals surface area contributed by atoms with Crippen molar-refractivity contribution in [2.45, 2.75) is 195 Å². The Morgan fingerprint density at radius 1 is 0.500 bits per heavy atom. The molecule has 0 aromatic heterocycles. The minimum atomic E-state index is -4.52. The van der Waals surface area contributed by atoms with Crippen LogP contribution in [0.3, 0.4) is 0 Å². The smallest absolute Gasteiger partial charge is 0.425 e. The molecule has 2 amide bonds. The number of allylic oxidation sites excluding steroid dienone is 5. The summed E-state index contributed by atoms with van der Waals surface area (Å²) in [7, 11) is -21.8. The summed E-state index contributed by atoms with van der Waals surface area (Å²) in [6, 6.07) is 26.1. The molecule has 0 spiro atoms. The van der Waals surface area contributed by atoms with Gasteiger partial charge in [0.15, 0.2) is 28.7 Å². The van der Waals surface area contributed by atoms with Crippen molar-refractivity contribution in [1.29, 1.82) is 0 Å². The second-order valence-corrected chi connectivity index (χ2v) is 39.0. The lowest BCUT2D eigenvalue weighted by Crippen LogP contribution is -2.32. The predicted octanol–water partition coefficient (Wildman–Crippen LogP) is 10.6. The number of nitrogens with zero attached hydrogens (tertiary/aromatic N) is 4. The minimum Gasteiger partial charge on any atom is -0.748 e. The standard InChI is InChI=1S/C38H50N4O13S3.C26H37NO4.C22H24N2O5S.CH3F.3CO2.O3S/c1-6-7-8-18-42-29-24-25(34(43)39-16-21-57(50,51)52)23-27(35(44)40-17-22-58(53,54)55)33(29)38(4,5)31(42)15-10-14-30-37(2,3)32-26(36(45)46)12-9-13-28(32)41(30)19-11-20-56(47,48)49;1-6-8-13-22(28)19-16-20(23(29)12-7-2)25-21(17-19)27(18(3)26(25,4)5)15-11-9-10-14-24(30)31;1-22(2)19(12-13-23-16-8-4-3-5-9-16)24(14-7-15-30(27,28)29)18-11-6-10-17(20(18)22)21(25)26;1-2;3*2-1-3;1-4(2)3/h9-10,12-15,23-24H,6-8,11,16-22H2,1-5H3,(H5-,39,40,43,44,45,46,47,48,49,50,51,52,53,54,55);16-17H,6-15H2,1-5H3;3-6,8-13H,7,14-15H2,1-2H3,(H2,25,26,27,28,29);1H3;;;;/p+1/i;;;1D;;;;. The quantitative estimate of drug-likeness (QED) is 0.00781. The summed E-state index contributed by atoms with van der Waals surface area (Å²) in [5, 5.41) is 36.7. The molecule has 4 aliphatic rings. The van der Waals surface area contributed by atoms with Gasteiger partial charge in [-0.15, -0.1) is 12.6 Å². The average molecular weight is 1970 g/mol. The molecular weight excluding hydrogens is 1850 g/mol.